The number of hydrogen-bond donors (Lipinski definition) is 1. The van der Waals surface area contributed by atoms with Gasteiger partial charge in [-0.3, -0.25) is 4.79 Å². The zero-order valence-electron chi connectivity index (χ0n) is 13.7. The summed E-state index contributed by atoms with van der Waals surface area (Å²) in [6.45, 7) is 6.07. The topological polar surface area (TPSA) is 29.1 Å². The van der Waals surface area contributed by atoms with Crippen molar-refractivity contribution in [1.29, 1.82) is 0 Å². The number of carbonyl (C=O) groups excluding carboxylic acids is 1. The third-order valence-corrected chi connectivity index (χ3v) is 4.53. The first-order chi connectivity index (χ1) is 10.9. The van der Waals surface area contributed by atoms with Gasteiger partial charge in [-0.25, -0.2) is 4.39 Å². The van der Waals surface area contributed by atoms with Gasteiger partial charge < -0.3 is 5.32 Å². The Morgan fingerprint density at radius 2 is 1.74 bits per heavy atom. The average molecular weight is 331 g/mol. The molecule has 2 rings (SSSR count). The highest BCUT2D eigenvalue weighted by atomic mass is 32.2. The largest absolute Gasteiger partial charge is 0.349 e. The molecule has 0 aliphatic heterocycles. The number of halogens is 1. The molecular weight excluding hydrogens is 309 g/mol. The van der Waals surface area contributed by atoms with Gasteiger partial charge in [0.1, 0.15) is 5.82 Å². The number of thioether (sulfide) groups is 1. The summed E-state index contributed by atoms with van der Waals surface area (Å²) in [6, 6.07) is 12.5. The lowest BCUT2D eigenvalue weighted by atomic mass is 10.1. The van der Waals surface area contributed by atoms with Gasteiger partial charge in [0.25, 0.3) is 0 Å². The molecule has 1 atom stereocenters. The van der Waals surface area contributed by atoms with Crippen LogP contribution in [-0.4, -0.2) is 11.7 Å². The third kappa shape index (κ3) is 5.71. The minimum Gasteiger partial charge on any atom is -0.349 e. The quantitative estimate of drug-likeness (QED) is 0.841. The van der Waals surface area contributed by atoms with Crippen molar-refractivity contribution in [3.8, 4) is 0 Å². The van der Waals surface area contributed by atoms with Gasteiger partial charge in [0, 0.05) is 5.75 Å². The fourth-order valence-electron chi connectivity index (χ4n) is 2.53. The zero-order valence-corrected chi connectivity index (χ0v) is 14.5. The molecule has 0 radical (unpaired) electrons. The van der Waals surface area contributed by atoms with Gasteiger partial charge in [-0.15, -0.1) is 11.8 Å². The second kappa shape index (κ2) is 8.16. The predicted molar refractivity (Wildman–Crippen MR) is 95.0 cm³/mol. The van der Waals surface area contributed by atoms with Crippen LogP contribution < -0.4 is 5.32 Å². The molecule has 4 heteroatoms. The van der Waals surface area contributed by atoms with Crippen molar-refractivity contribution in [3.63, 3.8) is 0 Å². The summed E-state index contributed by atoms with van der Waals surface area (Å²) in [6.07, 6.45) is 0. The van der Waals surface area contributed by atoms with Crippen LogP contribution in [0.5, 0.6) is 0 Å². The lowest BCUT2D eigenvalue weighted by Crippen LogP contribution is -2.28. The van der Waals surface area contributed by atoms with Crippen molar-refractivity contribution < 1.29 is 9.18 Å². The Hall–Kier alpha value is -1.81. The normalized spacial score (nSPS) is 12.0. The van der Waals surface area contributed by atoms with E-state index in [1.807, 2.05) is 6.92 Å². The summed E-state index contributed by atoms with van der Waals surface area (Å²) in [5.74, 6) is 0.965. The molecule has 0 bridgehead atoms. The van der Waals surface area contributed by atoms with Gasteiger partial charge in [0.2, 0.25) is 5.91 Å². The molecule has 0 aliphatic carbocycles. The Balaban J connectivity index is 1.79. The van der Waals surface area contributed by atoms with Gasteiger partial charge in [-0.2, -0.15) is 0 Å². The highest BCUT2D eigenvalue weighted by molar-refractivity contribution is 7.99. The molecule has 0 saturated heterocycles. The summed E-state index contributed by atoms with van der Waals surface area (Å²) >= 11 is 1.60. The number of nitrogens with one attached hydrogen (secondary N) is 1. The number of amides is 1. The van der Waals surface area contributed by atoms with E-state index in [1.165, 1.54) is 28.8 Å². The molecule has 122 valence electrons. The number of aryl methyl sites for hydroxylation is 2. The molecule has 0 aromatic heterocycles. The van der Waals surface area contributed by atoms with E-state index in [1.54, 1.807) is 23.9 Å². The van der Waals surface area contributed by atoms with E-state index in [0.29, 0.717) is 5.75 Å². The van der Waals surface area contributed by atoms with E-state index in [2.05, 4.69) is 37.4 Å². The highest BCUT2D eigenvalue weighted by Gasteiger charge is 2.09. The fraction of sp³-hybridized carbons (Fsp3) is 0.316. The van der Waals surface area contributed by atoms with Crippen LogP contribution in [0.15, 0.2) is 42.5 Å². The van der Waals surface area contributed by atoms with Gasteiger partial charge in [-0.1, -0.05) is 41.5 Å². The Bertz CT molecular complexity index is 649. The molecule has 2 nitrogen and oxygen atoms in total. The van der Waals surface area contributed by atoms with Crippen LogP contribution in [0.2, 0.25) is 0 Å². The molecular formula is C19H22FNOS. The summed E-state index contributed by atoms with van der Waals surface area (Å²) in [5.41, 5.74) is 4.64. The van der Waals surface area contributed by atoms with E-state index in [4.69, 9.17) is 0 Å². The standard InChI is InChI=1S/C19H22FNOS/c1-13-8-14(2)10-16(9-13)11-23-12-19(22)21-15(3)17-4-6-18(20)7-5-17/h4-10,15H,11-12H2,1-3H3,(H,21,22)/t15-/m0/s1. The highest BCUT2D eigenvalue weighted by Crippen LogP contribution is 2.17. The van der Waals surface area contributed by atoms with Crippen molar-refractivity contribution in [2.45, 2.75) is 32.6 Å². The number of hydrogen-bond acceptors (Lipinski definition) is 2. The second-order valence-corrected chi connectivity index (χ2v) is 6.82. The predicted octanol–water partition coefficient (Wildman–Crippen LogP) is 4.55. The molecule has 0 spiro atoms. The monoisotopic (exact) mass is 331 g/mol. The van der Waals surface area contributed by atoms with Crippen molar-refractivity contribution in [3.05, 3.63) is 70.5 Å². The van der Waals surface area contributed by atoms with Crippen LogP contribution in [0, 0.1) is 19.7 Å². The molecule has 23 heavy (non-hydrogen) atoms. The molecule has 1 N–H and O–H groups in total. The summed E-state index contributed by atoms with van der Waals surface area (Å²) in [7, 11) is 0. The Morgan fingerprint density at radius 1 is 1.13 bits per heavy atom. The Labute approximate surface area is 141 Å². The van der Waals surface area contributed by atoms with E-state index in [-0.39, 0.29) is 17.8 Å². The number of rotatable bonds is 6. The van der Waals surface area contributed by atoms with Crippen LogP contribution in [0.1, 0.15) is 35.2 Å². The van der Waals surface area contributed by atoms with Crippen LogP contribution in [-0.2, 0) is 10.5 Å². The minimum absolute atomic E-state index is 0.00352. The van der Waals surface area contributed by atoms with Crippen molar-refractivity contribution in [2.75, 3.05) is 5.75 Å². The first-order valence-corrected chi connectivity index (χ1v) is 8.79. The van der Waals surface area contributed by atoms with Crippen LogP contribution in [0.25, 0.3) is 0 Å². The first kappa shape index (κ1) is 17.5. The van der Waals surface area contributed by atoms with Crippen molar-refractivity contribution in [2.24, 2.45) is 0 Å². The van der Waals surface area contributed by atoms with Crippen LogP contribution >= 0.6 is 11.8 Å². The molecule has 1 amide bonds. The first-order valence-electron chi connectivity index (χ1n) is 7.64. The Kier molecular flexibility index (Phi) is 6.22. The van der Waals surface area contributed by atoms with Gasteiger partial charge >= 0.3 is 0 Å². The molecule has 0 heterocycles. The number of carbonyl (C=O) groups is 1. The maximum absolute atomic E-state index is 12.9. The number of benzene rings is 2. The van der Waals surface area contributed by atoms with Crippen molar-refractivity contribution in [1.82, 2.24) is 5.32 Å². The molecule has 2 aromatic carbocycles. The second-order valence-electron chi connectivity index (χ2n) is 5.83. The van der Waals surface area contributed by atoms with E-state index in [9.17, 15) is 9.18 Å². The van der Waals surface area contributed by atoms with Crippen LogP contribution in [0.3, 0.4) is 0 Å². The van der Waals surface area contributed by atoms with E-state index < -0.39 is 0 Å². The van der Waals surface area contributed by atoms with Gasteiger partial charge in [-0.05, 0) is 44.0 Å². The molecule has 0 saturated carbocycles. The smallest absolute Gasteiger partial charge is 0.230 e. The summed E-state index contributed by atoms with van der Waals surface area (Å²) < 4.78 is 12.9. The van der Waals surface area contributed by atoms with Crippen molar-refractivity contribution >= 4 is 17.7 Å². The van der Waals surface area contributed by atoms with Gasteiger partial charge in [0.05, 0.1) is 11.8 Å². The fourth-order valence-corrected chi connectivity index (χ4v) is 3.30. The third-order valence-electron chi connectivity index (χ3n) is 3.53. The molecule has 0 aliphatic rings. The van der Waals surface area contributed by atoms with Gasteiger partial charge in [0.15, 0.2) is 0 Å². The maximum Gasteiger partial charge on any atom is 0.230 e. The maximum atomic E-state index is 12.9. The lowest BCUT2D eigenvalue weighted by molar-refractivity contribution is -0.119. The summed E-state index contributed by atoms with van der Waals surface area (Å²) in [4.78, 5) is 12.0. The molecule has 0 unspecified atom stereocenters. The molecule has 2 aromatic rings. The average Bonchev–Trinajstić information content (AvgIpc) is 2.46. The summed E-state index contributed by atoms with van der Waals surface area (Å²) in [5, 5.41) is 2.94. The SMILES string of the molecule is Cc1cc(C)cc(CSCC(=O)N[C@@H](C)c2ccc(F)cc2)c1. The van der Waals surface area contributed by atoms with E-state index >= 15 is 0 Å². The minimum atomic E-state index is -0.267. The van der Waals surface area contributed by atoms with Crippen LogP contribution in [0.4, 0.5) is 4.39 Å². The molecule has 0 fully saturated rings. The Morgan fingerprint density at radius 3 is 2.35 bits per heavy atom. The lowest BCUT2D eigenvalue weighted by Gasteiger charge is -2.14. The van der Waals surface area contributed by atoms with E-state index in [0.717, 1.165) is 11.3 Å². The zero-order chi connectivity index (χ0) is 16.8.